The van der Waals surface area contributed by atoms with E-state index in [1.165, 1.54) is 11.1 Å². The maximum atomic E-state index is 6.02. The van der Waals surface area contributed by atoms with Crippen LogP contribution in [-0.2, 0) is 22.4 Å². The first-order valence-electron chi connectivity index (χ1n) is 12.2. The molecule has 2 aliphatic rings. The van der Waals surface area contributed by atoms with Gasteiger partial charge in [0.1, 0.15) is 0 Å². The molecule has 1 fully saturated rings. The first-order chi connectivity index (χ1) is 15.2. The molecule has 7 heteroatoms. The lowest BCUT2D eigenvalue weighted by Crippen LogP contribution is -2.48. The highest BCUT2D eigenvalue weighted by molar-refractivity contribution is 14.0. The predicted molar refractivity (Wildman–Crippen MR) is 143 cm³/mol. The van der Waals surface area contributed by atoms with Crippen LogP contribution in [0.3, 0.4) is 0 Å². The van der Waals surface area contributed by atoms with E-state index in [2.05, 4.69) is 53.2 Å². The van der Waals surface area contributed by atoms with Gasteiger partial charge in [-0.25, -0.2) is 0 Å². The van der Waals surface area contributed by atoms with E-state index in [-0.39, 0.29) is 24.0 Å². The van der Waals surface area contributed by atoms with Crippen LogP contribution in [0.4, 0.5) is 0 Å². The molecule has 0 bridgehead atoms. The molecule has 32 heavy (non-hydrogen) atoms. The minimum absolute atomic E-state index is 0. The van der Waals surface area contributed by atoms with Crippen LogP contribution in [0.2, 0.25) is 0 Å². The van der Waals surface area contributed by atoms with Gasteiger partial charge in [0.15, 0.2) is 5.96 Å². The van der Waals surface area contributed by atoms with E-state index in [4.69, 9.17) is 14.5 Å². The third-order valence-electron chi connectivity index (χ3n) is 6.52. The lowest BCUT2D eigenvalue weighted by atomic mass is 9.98. The molecule has 1 aromatic rings. The number of benzene rings is 1. The van der Waals surface area contributed by atoms with E-state index in [9.17, 15) is 0 Å². The zero-order valence-corrected chi connectivity index (χ0v) is 22.6. The van der Waals surface area contributed by atoms with Crippen molar-refractivity contribution in [3.05, 3.63) is 35.4 Å². The van der Waals surface area contributed by atoms with Crippen molar-refractivity contribution in [2.24, 2.45) is 4.99 Å². The molecule has 1 N–H and O–H groups in total. The maximum absolute atomic E-state index is 6.02. The van der Waals surface area contributed by atoms with E-state index < -0.39 is 0 Å². The summed E-state index contributed by atoms with van der Waals surface area (Å²) in [5, 5.41) is 3.53. The summed E-state index contributed by atoms with van der Waals surface area (Å²) in [6.07, 6.45) is 5.75. The highest BCUT2D eigenvalue weighted by atomic mass is 127. The average molecular weight is 559 g/mol. The third-order valence-corrected chi connectivity index (χ3v) is 6.52. The van der Waals surface area contributed by atoms with Crippen LogP contribution in [0.1, 0.15) is 50.7 Å². The Balaban J connectivity index is 0.00000363. The minimum atomic E-state index is 0. The van der Waals surface area contributed by atoms with Gasteiger partial charge < -0.3 is 19.7 Å². The Morgan fingerprint density at radius 2 is 1.88 bits per heavy atom. The lowest BCUT2D eigenvalue weighted by Gasteiger charge is -2.36. The van der Waals surface area contributed by atoms with Crippen LogP contribution >= 0.6 is 24.0 Å². The summed E-state index contributed by atoms with van der Waals surface area (Å²) in [6, 6.07) is 9.37. The number of halogens is 1. The second-order valence-corrected chi connectivity index (χ2v) is 8.65. The molecule has 182 valence electrons. The monoisotopic (exact) mass is 558 g/mol. The smallest absolute Gasteiger partial charge is 0.193 e. The van der Waals surface area contributed by atoms with Crippen molar-refractivity contribution in [3.63, 3.8) is 0 Å². The number of likely N-dealkylation sites (tertiary alicyclic amines) is 1. The van der Waals surface area contributed by atoms with Gasteiger partial charge >= 0.3 is 0 Å². The van der Waals surface area contributed by atoms with Crippen LogP contribution in [0, 0.1) is 0 Å². The standard InChI is InChI=1S/C25H42N4O2.HI/c1-4-23(29-14-11-21-9-6-7-10-22(21)20-29)19-27-25(26-5-2)28-15-12-24(13-16-28)31-18-8-17-30-3;/h6-7,9-10,23-24H,4-5,8,11-20H2,1-3H3,(H,26,27);1H. The van der Waals surface area contributed by atoms with Crippen molar-refractivity contribution < 1.29 is 9.47 Å². The van der Waals surface area contributed by atoms with Crippen molar-refractivity contribution in [1.82, 2.24) is 15.1 Å². The molecule has 1 atom stereocenters. The number of ether oxygens (including phenoxy) is 2. The molecular formula is C25H43IN4O2. The fourth-order valence-electron chi connectivity index (χ4n) is 4.64. The lowest BCUT2D eigenvalue weighted by molar-refractivity contribution is 0.00988. The van der Waals surface area contributed by atoms with Gasteiger partial charge in [0.05, 0.1) is 12.6 Å². The summed E-state index contributed by atoms with van der Waals surface area (Å²) < 4.78 is 11.1. The van der Waals surface area contributed by atoms with Crippen molar-refractivity contribution in [2.45, 2.75) is 64.6 Å². The van der Waals surface area contributed by atoms with Crippen LogP contribution in [0.15, 0.2) is 29.3 Å². The normalized spacial score (nSPS) is 18.7. The van der Waals surface area contributed by atoms with Crippen LogP contribution < -0.4 is 5.32 Å². The topological polar surface area (TPSA) is 49.3 Å². The summed E-state index contributed by atoms with van der Waals surface area (Å²) in [7, 11) is 1.74. The number of hydrogen-bond acceptors (Lipinski definition) is 4. The van der Waals surface area contributed by atoms with Gasteiger partial charge in [0, 0.05) is 59.1 Å². The molecule has 1 unspecified atom stereocenters. The first-order valence-corrected chi connectivity index (χ1v) is 12.2. The van der Waals surface area contributed by atoms with Gasteiger partial charge in [-0.15, -0.1) is 24.0 Å². The Morgan fingerprint density at radius 3 is 2.56 bits per heavy atom. The summed E-state index contributed by atoms with van der Waals surface area (Å²) in [5.41, 5.74) is 2.99. The molecule has 0 saturated carbocycles. The van der Waals surface area contributed by atoms with Gasteiger partial charge in [-0.05, 0) is 50.2 Å². The highest BCUT2D eigenvalue weighted by Gasteiger charge is 2.24. The SMILES string of the molecule is CCNC(=NCC(CC)N1CCc2ccccc2C1)N1CCC(OCCCOC)CC1.I. The molecule has 0 radical (unpaired) electrons. The summed E-state index contributed by atoms with van der Waals surface area (Å²) in [5.74, 6) is 1.07. The van der Waals surface area contributed by atoms with Gasteiger partial charge in [0.25, 0.3) is 0 Å². The van der Waals surface area contributed by atoms with E-state index >= 15 is 0 Å². The number of aliphatic imine (C=N–C) groups is 1. The van der Waals surface area contributed by atoms with Crippen LogP contribution in [-0.4, -0.2) is 81.0 Å². The van der Waals surface area contributed by atoms with Gasteiger partial charge in [-0.2, -0.15) is 0 Å². The Kier molecular flexibility index (Phi) is 12.9. The largest absolute Gasteiger partial charge is 0.385 e. The predicted octanol–water partition coefficient (Wildman–Crippen LogP) is 3.92. The van der Waals surface area contributed by atoms with E-state index in [1.54, 1.807) is 7.11 Å². The average Bonchev–Trinajstić information content (AvgIpc) is 2.82. The van der Waals surface area contributed by atoms with Crippen LogP contribution in [0.5, 0.6) is 0 Å². The molecule has 2 aliphatic heterocycles. The fraction of sp³-hybridized carbons (Fsp3) is 0.720. The van der Waals surface area contributed by atoms with Crippen molar-refractivity contribution in [3.8, 4) is 0 Å². The Bertz CT molecular complexity index is 680. The first kappa shape index (κ1) is 27.3. The molecule has 6 nitrogen and oxygen atoms in total. The minimum Gasteiger partial charge on any atom is -0.385 e. The number of methoxy groups -OCH3 is 1. The molecule has 0 aromatic heterocycles. The summed E-state index contributed by atoms with van der Waals surface area (Å²) in [4.78, 5) is 10.1. The Morgan fingerprint density at radius 1 is 1.12 bits per heavy atom. The number of fused-ring (bicyclic) bond motifs is 1. The third kappa shape index (κ3) is 8.15. The van der Waals surface area contributed by atoms with E-state index in [1.807, 2.05) is 0 Å². The molecule has 3 rings (SSSR count). The number of nitrogens with zero attached hydrogens (tertiary/aromatic N) is 3. The van der Waals surface area contributed by atoms with E-state index in [0.717, 1.165) is 90.5 Å². The van der Waals surface area contributed by atoms with E-state index in [0.29, 0.717) is 12.1 Å². The zero-order chi connectivity index (χ0) is 21.9. The quantitative estimate of drug-likeness (QED) is 0.204. The van der Waals surface area contributed by atoms with Gasteiger partial charge in [0.2, 0.25) is 0 Å². The van der Waals surface area contributed by atoms with Crippen LogP contribution in [0.25, 0.3) is 0 Å². The Labute approximate surface area is 212 Å². The summed E-state index contributed by atoms with van der Waals surface area (Å²) in [6.45, 7) is 12.0. The van der Waals surface area contributed by atoms with Crippen molar-refractivity contribution in [2.75, 3.05) is 53.0 Å². The van der Waals surface area contributed by atoms with Crippen molar-refractivity contribution >= 4 is 29.9 Å². The molecule has 0 amide bonds. The second-order valence-electron chi connectivity index (χ2n) is 8.65. The Hall–Kier alpha value is -0.900. The summed E-state index contributed by atoms with van der Waals surface area (Å²) >= 11 is 0. The zero-order valence-electron chi connectivity index (χ0n) is 20.2. The fourth-order valence-corrected chi connectivity index (χ4v) is 4.64. The van der Waals surface area contributed by atoms with Gasteiger partial charge in [-0.3, -0.25) is 9.89 Å². The number of nitrogens with one attached hydrogen (secondary N) is 1. The molecular weight excluding hydrogens is 515 g/mol. The number of guanidine groups is 1. The number of rotatable bonds is 10. The second kappa shape index (κ2) is 15.1. The number of hydrogen-bond donors (Lipinski definition) is 1. The van der Waals surface area contributed by atoms with Gasteiger partial charge in [-0.1, -0.05) is 31.2 Å². The highest BCUT2D eigenvalue weighted by Crippen LogP contribution is 2.22. The molecule has 2 heterocycles. The number of piperidine rings is 1. The molecule has 1 saturated heterocycles. The maximum Gasteiger partial charge on any atom is 0.193 e. The van der Waals surface area contributed by atoms with Crippen molar-refractivity contribution in [1.29, 1.82) is 0 Å². The molecule has 1 aromatic carbocycles. The molecule has 0 spiro atoms. The molecule has 0 aliphatic carbocycles.